The van der Waals surface area contributed by atoms with Crippen LogP contribution in [0.4, 0.5) is 5.69 Å². The molecular weight excluding hydrogens is 436 g/mol. The zero-order chi connectivity index (χ0) is 21.2. The van der Waals surface area contributed by atoms with Gasteiger partial charge in [0.05, 0.1) is 19.8 Å². The van der Waals surface area contributed by atoms with Gasteiger partial charge in [-0.25, -0.2) is 0 Å². The first-order chi connectivity index (χ1) is 13.9. The Morgan fingerprint density at radius 1 is 1.10 bits per heavy atom. The van der Waals surface area contributed by atoms with Crippen molar-refractivity contribution in [2.75, 3.05) is 32.1 Å². The predicted octanol–water partition coefficient (Wildman–Crippen LogP) is 4.41. The van der Waals surface area contributed by atoms with E-state index < -0.39 is 0 Å². The number of carbonyl (C=O) groups is 2. The van der Waals surface area contributed by atoms with E-state index in [1.807, 2.05) is 56.3 Å². The maximum Gasteiger partial charge on any atom is 0.243 e. The van der Waals surface area contributed by atoms with Crippen molar-refractivity contribution in [2.45, 2.75) is 26.7 Å². The maximum atomic E-state index is 12.3. The van der Waals surface area contributed by atoms with Crippen LogP contribution in [0.5, 0.6) is 11.5 Å². The smallest absolute Gasteiger partial charge is 0.243 e. The Morgan fingerprint density at radius 3 is 2.45 bits per heavy atom. The van der Waals surface area contributed by atoms with Crippen LogP contribution in [0.2, 0.25) is 0 Å². The molecule has 0 saturated heterocycles. The first-order valence-electron chi connectivity index (χ1n) is 9.55. The zero-order valence-electron chi connectivity index (χ0n) is 17.0. The fraction of sp³-hybridized carbons (Fsp3) is 0.364. The van der Waals surface area contributed by atoms with Gasteiger partial charge in [-0.15, -0.1) is 0 Å². The Balaban J connectivity index is 1.74. The van der Waals surface area contributed by atoms with Crippen molar-refractivity contribution in [1.82, 2.24) is 4.90 Å². The van der Waals surface area contributed by atoms with E-state index in [0.29, 0.717) is 37.6 Å². The molecular formula is C22H27BrN2O4. The van der Waals surface area contributed by atoms with Crippen LogP contribution in [-0.2, 0) is 9.59 Å². The van der Waals surface area contributed by atoms with E-state index in [-0.39, 0.29) is 18.4 Å². The number of para-hydroxylation sites is 2. The van der Waals surface area contributed by atoms with Gasteiger partial charge in [0, 0.05) is 23.6 Å². The molecule has 2 aromatic carbocycles. The maximum absolute atomic E-state index is 12.3. The number of aryl methyl sites for hydroxylation is 1. The number of rotatable bonds is 10. The fourth-order valence-corrected chi connectivity index (χ4v) is 3.18. The van der Waals surface area contributed by atoms with Crippen molar-refractivity contribution in [1.29, 1.82) is 0 Å². The summed E-state index contributed by atoms with van der Waals surface area (Å²) in [4.78, 5) is 25.9. The van der Waals surface area contributed by atoms with E-state index in [9.17, 15) is 9.59 Å². The summed E-state index contributed by atoms with van der Waals surface area (Å²) in [7, 11) is 1.63. The molecule has 0 atom stereocenters. The molecule has 0 saturated carbocycles. The summed E-state index contributed by atoms with van der Waals surface area (Å²) < 4.78 is 12.2. The quantitative estimate of drug-likeness (QED) is 0.530. The number of benzene rings is 2. The van der Waals surface area contributed by atoms with E-state index in [1.165, 1.54) is 4.90 Å². The van der Waals surface area contributed by atoms with Gasteiger partial charge >= 0.3 is 0 Å². The number of anilines is 1. The molecule has 6 nitrogen and oxygen atoms in total. The van der Waals surface area contributed by atoms with Gasteiger partial charge in [-0.2, -0.15) is 0 Å². The van der Waals surface area contributed by atoms with Crippen molar-refractivity contribution in [3.63, 3.8) is 0 Å². The summed E-state index contributed by atoms with van der Waals surface area (Å²) in [6.07, 6.45) is 0.856. The van der Waals surface area contributed by atoms with Crippen molar-refractivity contribution < 1.29 is 19.1 Å². The Hall–Kier alpha value is -2.54. The number of ether oxygens (including phenoxy) is 2. The number of hydrogen-bond acceptors (Lipinski definition) is 4. The van der Waals surface area contributed by atoms with Crippen molar-refractivity contribution in [2.24, 2.45) is 0 Å². The molecule has 0 aliphatic rings. The highest BCUT2D eigenvalue weighted by Crippen LogP contribution is 2.26. The summed E-state index contributed by atoms with van der Waals surface area (Å²) in [6, 6.07) is 13.1. The van der Waals surface area contributed by atoms with Gasteiger partial charge in [0.2, 0.25) is 11.8 Å². The third-order valence-corrected chi connectivity index (χ3v) is 4.70. The van der Waals surface area contributed by atoms with Gasteiger partial charge in [-0.05, 0) is 56.2 Å². The number of halogens is 1. The topological polar surface area (TPSA) is 67.9 Å². The van der Waals surface area contributed by atoms with Crippen LogP contribution in [0.1, 0.15) is 25.3 Å². The largest absolute Gasteiger partial charge is 0.490 e. The molecule has 0 unspecified atom stereocenters. The van der Waals surface area contributed by atoms with Gasteiger partial charge in [-0.1, -0.05) is 28.1 Å². The lowest BCUT2D eigenvalue weighted by atomic mass is 10.2. The van der Waals surface area contributed by atoms with E-state index in [4.69, 9.17) is 9.47 Å². The van der Waals surface area contributed by atoms with E-state index in [1.54, 1.807) is 7.05 Å². The molecule has 0 aromatic heterocycles. The Labute approximate surface area is 180 Å². The molecule has 0 radical (unpaired) electrons. The molecule has 0 aliphatic heterocycles. The third kappa shape index (κ3) is 7.42. The number of nitrogens with one attached hydrogen (secondary N) is 1. The third-order valence-electron chi connectivity index (χ3n) is 4.21. The standard InChI is InChI=1S/C22H27BrN2O4/c1-4-28-19-8-5-6-9-20(19)29-13-7-10-22(27)25(3)15-21(26)24-18-12-11-17(23)14-16(18)2/h5-6,8-9,11-12,14H,4,7,10,13,15H2,1-3H3,(H,24,26). The second-order valence-electron chi connectivity index (χ2n) is 6.59. The van der Waals surface area contributed by atoms with Crippen LogP contribution in [0.25, 0.3) is 0 Å². The highest BCUT2D eigenvalue weighted by atomic mass is 79.9. The van der Waals surface area contributed by atoms with Gasteiger partial charge in [0.25, 0.3) is 0 Å². The average molecular weight is 463 g/mol. The summed E-state index contributed by atoms with van der Waals surface area (Å²) in [5.41, 5.74) is 1.69. The summed E-state index contributed by atoms with van der Waals surface area (Å²) in [5, 5.41) is 2.84. The molecule has 7 heteroatoms. The Bertz CT molecular complexity index is 841. The molecule has 2 aromatic rings. The van der Waals surface area contributed by atoms with Crippen LogP contribution >= 0.6 is 15.9 Å². The molecule has 2 amide bonds. The number of amides is 2. The molecule has 1 N–H and O–H groups in total. The zero-order valence-corrected chi connectivity index (χ0v) is 18.6. The molecule has 0 fully saturated rings. The number of nitrogens with zero attached hydrogens (tertiary/aromatic N) is 1. The molecule has 29 heavy (non-hydrogen) atoms. The molecule has 0 aliphatic carbocycles. The molecule has 0 heterocycles. The van der Waals surface area contributed by atoms with Crippen molar-refractivity contribution in [3.05, 3.63) is 52.5 Å². The lowest BCUT2D eigenvalue weighted by molar-refractivity contribution is -0.133. The second kappa shape index (κ2) is 11.5. The van der Waals surface area contributed by atoms with Crippen LogP contribution in [0.15, 0.2) is 46.9 Å². The first kappa shape index (κ1) is 22.7. The second-order valence-corrected chi connectivity index (χ2v) is 7.50. The molecule has 0 bridgehead atoms. The SMILES string of the molecule is CCOc1ccccc1OCCCC(=O)N(C)CC(=O)Nc1ccc(Br)cc1C. The van der Waals surface area contributed by atoms with E-state index in [2.05, 4.69) is 21.2 Å². The molecule has 0 spiro atoms. The Kier molecular flexibility index (Phi) is 8.99. The monoisotopic (exact) mass is 462 g/mol. The summed E-state index contributed by atoms with van der Waals surface area (Å²) in [5.74, 6) is 1.03. The normalized spacial score (nSPS) is 10.3. The summed E-state index contributed by atoms with van der Waals surface area (Å²) in [6.45, 7) is 4.79. The average Bonchev–Trinajstić information content (AvgIpc) is 2.68. The number of carbonyl (C=O) groups excluding carboxylic acids is 2. The van der Waals surface area contributed by atoms with Crippen LogP contribution in [-0.4, -0.2) is 43.5 Å². The van der Waals surface area contributed by atoms with Crippen LogP contribution in [0, 0.1) is 6.92 Å². The van der Waals surface area contributed by atoms with Crippen LogP contribution < -0.4 is 14.8 Å². The highest BCUT2D eigenvalue weighted by molar-refractivity contribution is 9.10. The lowest BCUT2D eigenvalue weighted by Crippen LogP contribution is -2.35. The van der Waals surface area contributed by atoms with E-state index >= 15 is 0 Å². The van der Waals surface area contributed by atoms with Crippen LogP contribution in [0.3, 0.4) is 0 Å². The number of likely N-dealkylation sites (N-methyl/N-ethyl adjacent to an activating group) is 1. The minimum absolute atomic E-state index is 0.00235. The van der Waals surface area contributed by atoms with Gasteiger partial charge in [0.15, 0.2) is 11.5 Å². The Morgan fingerprint density at radius 2 is 1.79 bits per heavy atom. The molecule has 156 valence electrons. The van der Waals surface area contributed by atoms with E-state index in [0.717, 1.165) is 15.7 Å². The number of hydrogen-bond donors (Lipinski definition) is 1. The molecule has 2 rings (SSSR count). The highest BCUT2D eigenvalue weighted by Gasteiger charge is 2.14. The van der Waals surface area contributed by atoms with Crippen molar-refractivity contribution in [3.8, 4) is 11.5 Å². The van der Waals surface area contributed by atoms with Gasteiger partial charge < -0.3 is 19.7 Å². The van der Waals surface area contributed by atoms with Gasteiger partial charge in [-0.3, -0.25) is 9.59 Å². The summed E-state index contributed by atoms with van der Waals surface area (Å²) >= 11 is 3.40. The lowest BCUT2D eigenvalue weighted by Gasteiger charge is -2.18. The van der Waals surface area contributed by atoms with Crippen molar-refractivity contribution >= 4 is 33.4 Å². The minimum Gasteiger partial charge on any atom is -0.490 e. The first-order valence-corrected chi connectivity index (χ1v) is 10.3. The predicted molar refractivity (Wildman–Crippen MR) is 117 cm³/mol. The van der Waals surface area contributed by atoms with Gasteiger partial charge in [0.1, 0.15) is 0 Å². The minimum atomic E-state index is -0.229. The fourth-order valence-electron chi connectivity index (χ4n) is 2.70.